The third-order valence-corrected chi connectivity index (χ3v) is 4.74. The van der Waals surface area contributed by atoms with E-state index >= 15 is 0 Å². The van der Waals surface area contributed by atoms with Crippen molar-refractivity contribution in [3.05, 3.63) is 58.7 Å². The molecule has 0 aromatic heterocycles. The Morgan fingerprint density at radius 3 is 2.57 bits per heavy atom. The van der Waals surface area contributed by atoms with Gasteiger partial charge in [0.2, 0.25) is 0 Å². The lowest BCUT2D eigenvalue weighted by atomic mass is 10.0. The van der Waals surface area contributed by atoms with Crippen LogP contribution in [0.1, 0.15) is 28.4 Å². The van der Waals surface area contributed by atoms with Crippen LogP contribution in [0.4, 0.5) is 0 Å². The van der Waals surface area contributed by atoms with Gasteiger partial charge in [0.05, 0.1) is 13.2 Å². The summed E-state index contributed by atoms with van der Waals surface area (Å²) in [5, 5.41) is 10.5. The Morgan fingerprint density at radius 1 is 1.14 bits per heavy atom. The molecule has 0 aliphatic heterocycles. The third-order valence-electron chi connectivity index (χ3n) is 3.67. The SMILES string of the molecule is COc1c(C(O)CSc2cccc(C)c2)ccc(C)c1C. The zero-order chi connectivity index (χ0) is 15.4. The number of benzene rings is 2. The summed E-state index contributed by atoms with van der Waals surface area (Å²) in [6.07, 6.45) is -0.537. The Labute approximate surface area is 131 Å². The summed E-state index contributed by atoms with van der Waals surface area (Å²) in [6.45, 7) is 6.15. The van der Waals surface area contributed by atoms with Crippen LogP contribution in [0.15, 0.2) is 41.3 Å². The molecule has 0 radical (unpaired) electrons. The van der Waals surface area contributed by atoms with Crippen LogP contribution in [-0.4, -0.2) is 18.0 Å². The van der Waals surface area contributed by atoms with Crippen LogP contribution in [0.2, 0.25) is 0 Å². The predicted octanol–water partition coefficient (Wildman–Crippen LogP) is 4.45. The molecule has 0 saturated carbocycles. The molecule has 0 fully saturated rings. The van der Waals surface area contributed by atoms with E-state index < -0.39 is 6.10 Å². The second-order valence-electron chi connectivity index (χ2n) is 5.27. The third kappa shape index (κ3) is 3.80. The molecule has 112 valence electrons. The van der Waals surface area contributed by atoms with Crippen LogP contribution >= 0.6 is 11.8 Å². The summed E-state index contributed by atoms with van der Waals surface area (Å²) >= 11 is 1.66. The molecule has 21 heavy (non-hydrogen) atoms. The van der Waals surface area contributed by atoms with Gasteiger partial charge in [-0.15, -0.1) is 11.8 Å². The number of hydrogen-bond donors (Lipinski definition) is 1. The molecule has 2 rings (SSSR count). The molecule has 0 amide bonds. The average Bonchev–Trinajstić information content (AvgIpc) is 2.47. The Hall–Kier alpha value is -1.45. The Balaban J connectivity index is 2.13. The van der Waals surface area contributed by atoms with Crippen molar-refractivity contribution in [3.8, 4) is 5.75 Å². The van der Waals surface area contributed by atoms with Crippen LogP contribution in [0.25, 0.3) is 0 Å². The lowest BCUT2D eigenvalue weighted by Crippen LogP contribution is -2.05. The van der Waals surface area contributed by atoms with Crippen molar-refractivity contribution >= 4 is 11.8 Å². The number of aryl methyl sites for hydroxylation is 2. The molecule has 2 nitrogen and oxygen atoms in total. The monoisotopic (exact) mass is 302 g/mol. The maximum atomic E-state index is 10.5. The quantitative estimate of drug-likeness (QED) is 0.828. The first-order valence-electron chi connectivity index (χ1n) is 7.04. The van der Waals surface area contributed by atoms with E-state index in [1.165, 1.54) is 16.0 Å². The Morgan fingerprint density at radius 2 is 1.90 bits per heavy atom. The number of thioether (sulfide) groups is 1. The highest BCUT2D eigenvalue weighted by Gasteiger charge is 2.16. The highest BCUT2D eigenvalue weighted by Crippen LogP contribution is 2.33. The Kier molecular flexibility index (Phi) is 5.32. The molecule has 3 heteroatoms. The minimum atomic E-state index is -0.537. The van der Waals surface area contributed by atoms with E-state index in [0.717, 1.165) is 16.9 Å². The highest BCUT2D eigenvalue weighted by molar-refractivity contribution is 7.99. The lowest BCUT2D eigenvalue weighted by Gasteiger charge is -2.18. The fraction of sp³-hybridized carbons (Fsp3) is 0.333. The van der Waals surface area contributed by atoms with Crippen molar-refractivity contribution in [1.29, 1.82) is 0 Å². The van der Waals surface area contributed by atoms with Gasteiger partial charge in [0.25, 0.3) is 0 Å². The number of aliphatic hydroxyl groups is 1. The summed E-state index contributed by atoms with van der Waals surface area (Å²) < 4.78 is 5.48. The molecule has 0 saturated heterocycles. The smallest absolute Gasteiger partial charge is 0.127 e. The summed E-state index contributed by atoms with van der Waals surface area (Å²) in [4.78, 5) is 1.18. The van der Waals surface area contributed by atoms with Gasteiger partial charge >= 0.3 is 0 Å². The first kappa shape index (κ1) is 15.9. The summed E-state index contributed by atoms with van der Waals surface area (Å²) in [5.41, 5.74) is 4.36. The van der Waals surface area contributed by atoms with E-state index in [9.17, 15) is 5.11 Å². The van der Waals surface area contributed by atoms with Crippen molar-refractivity contribution in [1.82, 2.24) is 0 Å². The maximum Gasteiger partial charge on any atom is 0.127 e. The van der Waals surface area contributed by atoms with Crippen molar-refractivity contribution in [2.24, 2.45) is 0 Å². The van der Waals surface area contributed by atoms with E-state index in [0.29, 0.717) is 5.75 Å². The van der Waals surface area contributed by atoms with Crippen LogP contribution < -0.4 is 4.74 Å². The normalized spacial score (nSPS) is 12.2. The fourth-order valence-corrected chi connectivity index (χ4v) is 3.29. The van der Waals surface area contributed by atoms with Crippen LogP contribution in [0.3, 0.4) is 0 Å². The summed E-state index contributed by atoms with van der Waals surface area (Å²) in [7, 11) is 1.66. The van der Waals surface area contributed by atoms with Gasteiger partial charge in [0.15, 0.2) is 0 Å². The standard InChI is InChI=1S/C18H22O2S/c1-12-6-5-7-15(10-12)21-11-17(19)16-9-8-13(2)14(3)18(16)20-4/h5-10,17,19H,11H2,1-4H3. The molecule has 1 unspecified atom stereocenters. The average molecular weight is 302 g/mol. The molecule has 0 spiro atoms. The van der Waals surface area contributed by atoms with E-state index in [1.54, 1.807) is 18.9 Å². The molecular weight excluding hydrogens is 280 g/mol. The first-order valence-corrected chi connectivity index (χ1v) is 8.03. The first-order chi connectivity index (χ1) is 10.0. The number of methoxy groups -OCH3 is 1. The van der Waals surface area contributed by atoms with Crippen molar-refractivity contribution in [3.63, 3.8) is 0 Å². The molecule has 0 heterocycles. The van der Waals surface area contributed by atoms with Crippen LogP contribution in [-0.2, 0) is 0 Å². The van der Waals surface area contributed by atoms with Crippen LogP contribution in [0, 0.1) is 20.8 Å². The van der Waals surface area contributed by atoms with Gasteiger partial charge in [-0.05, 0) is 44.0 Å². The molecule has 1 N–H and O–H groups in total. The predicted molar refractivity (Wildman–Crippen MR) is 89.3 cm³/mol. The van der Waals surface area contributed by atoms with Gasteiger partial charge in [-0.25, -0.2) is 0 Å². The van der Waals surface area contributed by atoms with Gasteiger partial charge in [-0.1, -0.05) is 29.8 Å². The molecule has 1 atom stereocenters. The number of hydrogen-bond acceptors (Lipinski definition) is 3. The number of aliphatic hydroxyl groups excluding tert-OH is 1. The van der Waals surface area contributed by atoms with Gasteiger partial charge in [0, 0.05) is 16.2 Å². The van der Waals surface area contributed by atoms with Crippen molar-refractivity contribution in [2.75, 3.05) is 12.9 Å². The minimum Gasteiger partial charge on any atom is -0.496 e. The highest BCUT2D eigenvalue weighted by atomic mass is 32.2. The van der Waals surface area contributed by atoms with Crippen molar-refractivity contribution < 1.29 is 9.84 Å². The molecule has 2 aromatic rings. The molecule has 0 aliphatic carbocycles. The zero-order valence-corrected chi connectivity index (χ0v) is 13.8. The van der Waals surface area contributed by atoms with E-state index in [-0.39, 0.29) is 0 Å². The minimum absolute atomic E-state index is 0.537. The fourth-order valence-electron chi connectivity index (χ4n) is 2.31. The topological polar surface area (TPSA) is 29.5 Å². The van der Waals surface area contributed by atoms with Gasteiger partial charge in [0.1, 0.15) is 5.75 Å². The van der Waals surface area contributed by atoms with Crippen molar-refractivity contribution in [2.45, 2.75) is 31.8 Å². The van der Waals surface area contributed by atoms with E-state index in [2.05, 4.69) is 32.0 Å². The molecular formula is C18H22O2S. The van der Waals surface area contributed by atoms with E-state index in [4.69, 9.17) is 4.74 Å². The zero-order valence-electron chi connectivity index (χ0n) is 13.0. The molecule has 0 aliphatic rings. The number of rotatable bonds is 5. The second kappa shape index (κ2) is 7.01. The lowest BCUT2D eigenvalue weighted by molar-refractivity contribution is 0.198. The maximum absolute atomic E-state index is 10.5. The van der Waals surface area contributed by atoms with Gasteiger partial charge < -0.3 is 9.84 Å². The molecule has 0 bridgehead atoms. The van der Waals surface area contributed by atoms with Crippen LogP contribution in [0.5, 0.6) is 5.75 Å². The second-order valence-corrected chi connectivity index (χ2v) is 6.37. The Bertz CT molecular complexity index is 623. The van der Waals surface area contributed by atoms with E-state index in [1.807, 2.05) is 25.1 Å². The van der Waals surface area contributed by atoms with Gasteiger partial charge in [-0.2, -0.15) is 0 Å². The largest absolute Gasteiger partial charge is 0.496 e. The number of ether oxygens (including phenoxy) is 1. The summed E-state index contributed by atoms with van der Waals surface area (Å²) in [6, 6.07) is 12.3. The van der Waals surface area contributed by atoms with Gasteiger partial charge in [-0.3, -0.25) is 0 Å². The summed E-state index contributed by atoms with van der Waals surface area (Å²) in [5.74, 6) is 1.41. The molecule has 2 aromatic carbocycles.